The van der Waals surface area contributed by atoms with Crippen LogP contribution in [0.1, 0.15) is 27.7 Å². The molecule has 0 radical (unpaired) electrons. The zero-order valence-electron chi connectivity index (χ0n) is 16.4. The first-order valence-corrected chi connectivity index (χ1v) is 8.55. The second-order valence-corrected chi connectivity index (χ2v) is 3.83. The van der Waals surface area contributed by atoms with Crippen molar-refractivity contribution in [1.29, 1.82) is 0 Å². The minimum absolute atomic E-state index is 0.0417. The van der Waals surface area contributed by atoms with Crippen molar-refractivity contribution in [1.82, 2.24) is 0 Å². The Hall–Kier alpha value is -0.740. The molecule has 8 heteroatoms. The van der Waals surface area contributed by atoms with Gasteiger partial charge in [-0.2, -0.15) is 0 Å². The van der Waals surface area contributed by atoms with Gasteiger partial charge in [-0.3, -0.25) is 0 Å². The Morgan fingerprint density at radius 3 is 1.20 bits per heavy atom. The Morgan fingerprint density at radius 2 is 1.04 bits per heavy atom. The first-order valence-electron chi connectivity index (χ1n) is 8.55. The van der Waals surface area contributed by atoms with Crippen molar-refractivity contribution in [2.75, 3.05) is 72.7 Å². The molecule has 0 fully saturated rings. The molecule has 0 amide bonds. The average molecular weight is 372 g/mol. The van der Waals surface area contributed by atoms with Crippen LogP contribution in [0, 0.1) is 0 Å². The highest BCUT2D eigenvalue weighted by molar-refractivity contribution is 4.64. The molecule has 0 spiro atoms. The molecule has 0 aromatic carbocycles. The quantitative estimate of drug-likeness (QED) is 0.290. The summed E-state index contributed by atoms with van der Waals surface area (Å²) >= 11 is 0. The summed E-state index contributed by atoms with van der Waals surface area (Å²) in [5.41, 5.74) is 0. The molecule has 156 valence electrons. The van der Waals surface area contributed by atoms with Crippen LogP contribution in [0.3, 0.4) is 0 Å². The van der Waals surface area contributed by atoms with Crippen LogP contribution >= 0.6 is 0 Å². The number of allylic oxidation sites excluding steroid dienone is 1. The summed E-state index contributed by atoms with van der Waals surface area (Å²) in [6.07, 6.45) is 3.55. The van der Waals surface area contributed by atoms with E-state index >= 15 is 0 Å². The lowest BCUT2D eigenvalue weighted by atomic mass is 10.7. The third-order valence-corrected chi connectivity index (χ3v) is 1.75. The fourth-order valence-corrected chi connectivity index (χ4v) is 0.848. The maximum atomic E-state index is 8.26. The van der Waals surface area contributed by atoms with Gasteiger partial charge in [0.05, 0.1) is 65.7 Å². The van der Waals surface area contributed by atoms with E-state index in [9.17, 15) is 0 Å². The largest absolute Gasteiger partial charge is 0.502 e. The van der Waals surface area contributed by atoms with Gasteiger partial charge < -0.3 is 39.4 Å². The zero-order chi connectivity index (χ0) is 20.0. The van der Waals surface area contributed by atoms with Crippen molar-refractivity contribution >= 4 is 0 Å². The molecule has 0 aromatic heterocycles. The summed E-state index contributed by atoms with van der Waals surface area (Å²) < 4.78 is 19.4. The number of ether oxygens (including phenoxy) is 4. The fraction of sp³-hybridized carbons (Fsp3) is 0.882. The Labute approximate surface area is 153 Å². The van der Waals surface area contributed by atoms with Crippen LogP contribution in [0.4, 0.5) is 0 Å². The first kappa shape index (κ1) is 32.0. The highest BCUT2D eigenvalue weighted by Gasteiger charge is 1.86. The summed E-state index contributed by atoms with van der Waals surface area (Å²) in [7, 11) is 0. The number of aliphatic hydroxyl groups excluding tert-OH is 4. The van der Waals surface area contributed by atoms with Crippen LogP contribution in [0.15, 0.2) is 12.3 Å². The second kappa shape index (κ2) is 43.6. The predicted molar refractivity (Wildman–Crippen MR) is 98.6 cm³/mol. The van der Waals surface area contributed by atoms with E-state index in [1.165, 1.54) is 0 Å². The fourth-order valence-electron chi connectivity index (χ4n) is 0.848. The van der Waals surface area contributed by atoms with E-state index < -0.39 is 0 Å². The standard InChI is InChI=1S/C6H14O4.C5H10O.C4H10O.C2H6O2/c7-1-3-9-5-6-10-4-2-8;1-3-5-6-4-2;1-3-5-4-2;3-1-2-4/h7-8H,1-6H2;3,5H,4H2,1-2H3;3-4H2,1-2H3;3-4H,1-2H2/b;5-3+;;. The lowest BCUT2D eigenvalue weighted by molar-refractivity contribution is 0.0222. The summed E-state index contributed by atoms with van der Waals surface area (Å²) in [4.78, 5) is 0. The summed E-state index contributed by atoms with van der Waals surface area (Å²) in [5.74, 6) is 0. The highest BCUT2D eigenvalue weighted by atomic mass is 16.5. The van der Waals surface area contributed by atoms with E-state index in [1.807, 2.05) is 33.8 Å². The Bertz CT molecular complexity index is 179. The number of hydrogen-bond acceptors (Lipinski definition) is 8. The smallest absolute Gasteiger partial charge is 0.0845 e. The second-order valence-electron chi connectivity index (χ2n) is 3.83. The van der Waals surface area contributed by atoms with Gasteiger partial charge in [-0.1, -0.05) is 6.08 Å². The number of rotatable bonds is 12. The molecule has 0 unspecified atom stereocenters. The average Bonchev–Trinajstić information content (AvgIpc) is 2.65. The number of aliphatic hydroxyl groups is 4. The van der Waals surface area contributed by atoms with Gasteiger partial charge in [-0.15, -0.1) is 0 Å². The number of hydrogen-bond donors (Lipinski definition) is 4. The lowest BCUT2D eigenvalue weighted by Gasteiger charge is -2.01. The molecule has 0 aromatic rings. The molecule has 0 aliphatic rings. The molecule has 0 heterocycles. The molecular weight excluding hydrogens is 332 g/mol. The van der Waals surface area contributed by atoms with Gasteiger partial charge >= 0.3 is 0 Å². The SMILES string of the molecule is C/C=C/OCC.CCOCC.OCCO.OCCOCCOCCO. The van der Waals surface area contributed by atoms with Gasteiger partial charge in [-0.05, 0) is 27.7 Å². The summed E-state index contributed by atoms with van der Waals surface area (Å²) in [6, 6.07) is 0. The van der Waals surface area contributed by atoms with Gasteiger partial charge in [0.25, 0.3) is 0 Å². The van der Waals surface area contributed by atoms with E-state index in [4.69, 9.17) is 39.4 Å². The minimum Gasteiger partial charge on any atom is -0.502 e. The Morgan fingerprint density at radius 1 is 0.600 bits per heavy atom. The first-order chi connectivity index (χ1) is 12.2. The summed E-state index contributed by atoms with van der Waals surface area (Å²) in [5, 5.41) is 31.8. The van der Waals surface area contributed by atoms with Crippen LogP contribution in [0.5, 0.6) is 0 Å². The molecule has 0 atom stereocenters. The molecule has 4 N–H and O–H groups in total. The predicted octanol–water partition coefficient (Wildman–Crippen LogP) is 0.575. The zero-order valence-corrected chi connectivity index (χ0v) is 16.4. The Kier molecular flexibility index (Phi) is 55.8. The van der Waals surface area contributed by atoms with Crippen molar-refractivity contribution in [2.24, 2.45) is 0 Å². The molecule has 0 saturated heterocycles. The van der Waals surface area contributed by atoms with Crippen molar-refractivity contribution in [3.63, 3.8) is 0 Å². The van der Waals surface area contributed by atoms with Crippen molar-refractivity contribution < 1.29 is 39.4 Å². The third kappa shape index (κ3) is 69.9. The van der Waals surface area contributed by atoms with Gasteiger partial charge in [-0.25, -0.2) is 0 Å². The molecule has 0 saturated carbocycles. The van der Waals surface area contributed by atoms with Crippen molar-refractivity contribution in [3.05, 3.63) is 12.3 Å². The highest BCUT2D eigenvalue weighted by Crippen LogP contribution is 1.76. The lowest BCUT2D eigenvalue weighted by Crippen LogP contribution is -2.09. The van der Waals surface area contributed by atoms with E-state index in [2.05, 4.69) is 0 Å². The van der Waals surface area contributed by atoms with Crippen molar-refractivity contribution in [2.45, 2.75) is 27.7 Å². The van der Waals surface area contributed by atoms with Crippen LogP contribution in [-0.4, -0.2) is 93.1 Å². The van der Waals surface area contributed by atoms with E-state index in [-0.39, 0.29) is 26.4 Å². The third-order valence-electron chi connectivity index (χ3n) is 1.75. The molecule has 0 rings (SSSR count). The topological polar surface area (TPSA) is 118 Å². The van der Waals surface area contributed by atoms with Crippen LogP contribution in [-0.2, 0) is 18.9 Å². The maximum Gasteiger partial charge on any atom is 0.0845 e. The molecule has 8 nitrogen and oxygen atoms in total. The van der Waals surface area contributed by atoms with Gasteiger partial charge in [0.1, 0.15) is 0 Å². The van der Waals surface area contributed by atoms with Gasteiger partial charge in [0, 0.05) is 13.2 Å². The van der Waals surface area contributed by atoms with E-state index in [1.54, 1.807) is 6.26 Å². The van der Waals surface area contributed by atoms with Crippen LogP contribution in [0.25, 0.3) is 0 Å². The van der Waals surface area contributed by atoms with E-state index in [0.717, 1.165) is 19.8 Å². The van der Waals surface area contributed by atoms with Crippen LogP contribution in [0.2, 0.25) is 0 Å². The molecule has 0 aliphatic carbocycles. The van der Waals surface area contributed by atoms with Gasteiger partial charge in [0.15, 0.2) is 0 Å². The summed E-state index contributed by atoms with van der Waals surface area (Å²) in [6.45, 7) is 11.8. The normalized spacial score (nSPS) is 9.28. The minimum atomic E-state index is -0.125. The molecule has 0 aliphatic heterocycles. The maximum absolute atomic E-state index is 8.26. The molecule has 0 bridgehead atoms. The van der Waals surface area contributed by atoms with Gasteiger partial charge in [0.2, 0.25) is 0 Å². The molecular formula is C17H40O8. The Balaban J connectivity index is -0.000000127. The van der Waals surface area contributed by atoms with Crippen molar-refractivity contribution in [3.8, 4) is 0 Å². The monoisotopic (exact) mass is 372 g/mol. The van der Waals surface area contributed by atoms with Crippen LogP contribution < -0.4 is 0 Å². The molecule has 25 heavy (non-hydrogen) atoms. The van der Waals surface area contributed by atoms with E-state index in [0.29, 0.717) is 26.4 Å².